The van der Waals surface area contributed by atoms with Crippen molar-refractivity contribution in [2.45, 2.75) is 38.1 Å². The Labute approximate surface area is 185 Å². The molecule has 0 saturated carbocycles. The number of benzene rings is 1. The summed E-state index contributed by atoms with van der Waals surface area (Å²) in [5, 5.41) is 1.68. The molecule has 3 atom stereocenters. The van der Waals surface area contributed by atoms with E-state index in [1.54, 1.807) is 0 Å². The van der Waals surface area contributed by atoms with Crippen LogP contribution in [0.2, 0.25) is 0 Å². The standard InChI is InChI=1S/C24H24N4O2S/c1-14-10-18(16(3)28(14)17-7-8-20-21(11-17)30-13-29-20)23-22(19-6-4-5-9-25-19)26-24-27(23)12-15(2)31-24/h4-11,15,22-23H,12-13H2,1-3H3/t15-,22-,23+/m0/s1. The van der Waals surface area contributed by atoms with E-state index in [0.717, 1.165) is 34.6 Å². The minimum Gasteiger partial charge on any atom is -0.454 e. The fourth-order valence-electron chi connectivity index (χ4n) is 4.96. The van der Waals surface area contributed by atoms with E-state index in [1.165, 1.54) is 17.0 Å². The van der Waals surface area contributed by atoms with Gasteiger partial charge in [-0.05, 0) is 49.7 Å². The van der Waals surface area contributed by atoms with Crippen molar-refractivity contribution in [2.75, 3.05) is 13.3 Å². The maximum atomic E-state index is 5.62. The lowest BCUT2D eigenvalue weighted by atomic mass is 9.96. The summed E-state index contributed by atoms with van der Waals surface area (Å²) in [7, 11) is 0. The number of hydrogen-bond acceptors (Lipinski definition) is 6. The topological polar surface area (TPSA) is 51.9 Å². The summed E-state index contributed by atoms with van der Waals surface area (Å²) in [4.78, 5) is 12.3. The Morgan fingerprint density at radius 3 is 2.77 bits per heavy atom. The molecule has 1 fully saturated rings. The molecule has 3 aromatic rings. The summed E-state index contributed by atoms with van der Waals surface area (Å²) in [5.41, 5.74) is 5.83. The lowest BCUT2D eigenvalue weighted by Crippen LogP contribution is -2.28. The van der Waals surface area contributed by atoms with Crippen molar-refractivity contribution in [3.63, 3.8) is 0 Å². The number of rotatable bonds is 3. The highest BCUT2D eigenvalue weighted by Gasteiger charge is 2.44. The van der Waals surface area contributed by atoms with Gasteiger partial charge in [0.1, 0.15) is 6.04 Å². The monoisotopic (exact) mass is 432 g/mol. The van der Waals surface area contributed by atoms with Crippen LogP contribution in [0.15, 0.2) is 53.7 Å². The van der Waals surface area contributed by atoms with Crippen molar-refractivity contribution in [3.8, 4) is 17.2 Å². The molecule has 0 spiro atoms. The average molecular weight is 433 g/mol. The predicted octanol–water partition coefficient (Wildman–Crippen LogP) is 4.81. The molecule has 3 aliphatic rings. The molecule has 158 valence electrons. The molecule has 1 saturated heterocycles. The fraction of sp³-hybridized carbons (Fsp3) is 0.333. The van der Waals surface area contributed by atoms with E-state index in [-0.39, 0.29) is 18.9 Å². The SMILES string of the molecule is Cc1cc([C@@H]2[C@H](c3ccccn3)N=C3S[C@@H](C)CN32)c(C)n1-c1ccc2c(c1)OCO2. The fourth-order valence-corrected chi connectivity index (χ4v) is 6.06. The van der Waals surface area contributed by atoms with Crippen LogP contribution in [-0.2, 0) is 0 Å². The van der Waals surface area contributed by atoms with Gasteiger partial charge < -0.3 is 18.9 Å². The van der Waals surface area contributed by atoms with E-state index in [0.29, 0.717) is 5.25 Å². The first kappa shape index (κ1) is 18.8. The summed E-state index contributed by atoms with van der Waals surface area (Å²) >= 11 is 1.87. The molecule has 5 heterocycles. The van der Waals surface area contributed by atoms with Crippen molar-refractivity contribution >= 4 is 16.9 Å². The highest BCUT2D eigenvalue weighted by atomic mass is 32.2. The minimum absolute atomic E-state index is 0.00176. The van der Waals surface area contributed by atoms with Crippen LogP contribution in [0.5, 0.6) is 11.5 Å². The molecule has 0 bridgehead atoms. The number of ether oxygens (including phenoxy) is 2. The first-order valence-corrected chi connectivity index (χ1v) is 11.5. The molecule has 0 aliphatic carbocycles. The van der Waals surface area contributed by atoms with Crippen LogP contribution < -0.4 is 9.47 Å². The van der Waals surface area contributed by atoms with Gasteiger partial charge in [-0.1, -0.05) is 24.8 Å². The molecule has 0 N–H and O–H groups in total. The molecule has 6 rings (SSSR count). The summed E-state index contributed by atoms with van der Waals surface area (Å²) in [6.45, 7) is 7.92. The Hall–Kier alpha value is -2.93. The largest absolute Gasteiger partial charge is 0.454 e. The molecule has 7 heteroatoms. The highest BCUT2D eigenvalue weighted by Crippen LogP contribution is 2.49. The zero-order valence-corrected chi connectivity index (χ0v) is 18.6. The predicted molar refractivity (Wildman–Crippen MR) is 122 cm³/mol. The molecule has 6 nitrogen and oxygen atoms in total. The number of aryl methyl sites for hydroxylation is 1. The van der Waals surface area contributed by atoms with Crippen LogP contribution >= 0.6 is 11.8 Å². The van der Waals surface area contributed by atoms with Gasteiger partial charge in [0, 0.05) is 41.1 Å². The molecule has 31 heavy (non-hydrogen) atoms. The zero-order chi connectivity index (χ0) is 21.1. The van der Waals surface area contributed by atoms with E-state index in [4.69, 9.17) is 14.5 Å². The van der Waals surface area contributed by atoms with Gasteiger partial charge in [0.05, 0.1) is 11.7 Å². The van der Waals surface area contributed by atoms with Gasteiger partial charge in [-0.25, -0.2) is 0 Å². The summed E-state index contributed by atoms with van der Waals surface area (Å²) in [6, 6.07) is 14.7. The normalized spacial score (nSPS) is 23.9. The zero-order valence-electron chi connectivity index (χ0n) is 17.8. The third kappa shape index (κ3) is 2.94. The molecule has 0 amide bonds. The average Bonchev–Trinajstić information content (AvgIpc) is 3.51. The van der Waals surface area contributed by atoms with Crippen LogP contribution in [0.25, 0.3) is 5.69 Å². The second-order valence-electron chi connectivity index (χ2n) is 8.34. The summed E-state index contributed by atoms with van der Waals surface area (Å²) in [5.74, 6) is 1.60. The molecule has 0 unspecified atom stereocenters. The van der Waals surface area contributed by atoms with Crippen LogP contribution in [0.3, 0.4) is 0 Å². The van der Waals surface area contributed by atoms with E-state index in [2.05, 4.69) is 65.6 Å². The van der Waals surface area contributed by atoms with Gasteiger partial charge >= 0.3 is 0 Å². The minimum atomic E-state index is 0.00176. The van der Waals surface area contributed by atoms with E-state index < -0.39 is 0 Å². The van der Waals surface area contributed by atoms with E-state index >= 15 is 0 Å². The highest BCUT2D eigenvalue weighted by molar-refractivity contribution is 8.14. The van der Waals surface area contributed by atoms with Gasteiger partial charge in [0.15, 0.2) is 16.7 Å². The number of aliphatic imine (C=N–C) groups is 1. The van der Waals surface area contributed by atoms with Gasteiger partial charge in [0.25, 0.3) is 0 Å². The molecular weight excluding hydrogens is 408 g/mol. The maximum Gasteiger partial charge on any atom is 0.231 e. The third-order valence-electron chi connectivity index (χ3n) is 6.28. The number of thioether (sulfide) groups is 1. The van der Waals surface area contributed by atoms with Crippen molar-refractivity contribution in [2.24, 2.45) is 4.99 Å². The van der Waals surface area contributed by atoms with Crippen LogP contribution in [0, 0.1) is 13.8 Å². The van der Waals surface area contributed by atoms with E-state index in [9.17, 15) is 0 Å². The second kappa shape index (κ2) is 7.05. The number of pyridine rings is 1. The molecule has 0 radical (unpaired) electrons. The van der Waals surface area contributed by atoms with Crippen molar-refractivity contribution in [3.05, 3.63) is 71.3 Å². The molecular formula is C24H24N4O2S. The smallest absolute Gasteiger partial charge is 0.231 e. The Morgan fingerprint density at radius 2 is 1.94 bits per heavy atom. The Bertz CT molecular complexity index is 1190. The van der Waals surface area contributed by atoms with Crippen LogP contribution in [0.4, 0.5) is 0 Å². The van der Waals surface area contributed by atoms with Crippen molar-refractivity contribution < 1.29 is 9.47 Å². The summed E-state index contributed by atoms with van der Waals surface area (Å²) in [6.07, 6.45) is 1.86. The summed E-state index contributed by atoms with van der Waals surface area (Å²) < 4.78 is 13.4. The Morgan fingerprint density at radius 1 is 1.06 bits per heavy atom. The van der Waals surface area contributed by atoms with Gasteiger partial charge in [0.2, 0.25) is 6.79 Å². The lowest BCUT2D eigenvalue weighted by Gasteiger charge is -2.27. The van der Waals surface area contributed by atoms with Crippen molar-refractivity contribution in [1.29, 1.82) is 0 Å². The number of amidine groups is 1. The third-order valence-corrected chi connectivity index (χ3v) is 7.39. The number of fused-ring (bicyclic) bond motifs is 2. The Kier molecular flexibility index (Phi) is 4.28. The van der Waals surface area contributed by atoms with Crippen molar-refractivity contribution in [1.82, 2.24) is 14.5 Å². The number of aromatic nitrogens is 2. The molecule has 1 aromatic carbocycles. The quantitative estimate of drug-likeness (QED) is 0.595. The van der Waals surface area contributed by atoms with E-state index in [1.807, 2.05) is 30.1 Å². The second-order valence-corrected chi connectivity index (χ2v) is 9.74. The molecule has 3 aliphatic heterocycles. The van der Waals surface area contributed by atoms with Gasteiger partial charge in [-0.3, -0.25) is 9.98 Å². The number of nitrogens with zero attached hydrogens (tertiary/aromatic N) is 4. The first-order valence-electron chi connectivity index (χ1n) is 10.6. The maximum absolute atomic E-state index is 5.62. The molecule has 2 aromatic heterocycles. The number of hydrogen-bond donors (Lipinski definition) is 0. The van der Waals surface area contributed by atoms with Gasteiger partial charge in [-0.15, -0.1) is 0 Å². The lowest BCUT2D eigenvalue weighted by molar-refractivity contribution is 0.174. The Balaban J connectivity index is 1.45. The first-order chi connectivity index (χ1) is 15.1. The van der Waals surface area contributed by atoms with Crippen LogP contribution in [0.1, 0.15) is 41.7 Å². The van der Waals surface area contributed by atoms with Gasteiger partial charge in [-0.2, -0.15) is 0 Å². The van der Waals surface area contributed by atoms with Crippen LogP contribution in [-0.4, -0.2) is 38.2 Å².